The lowest BCUT2D eigenvalue weighted by Crippen LogP contribution is -2.23. The lowest BCUT2D eigenvalue weighted by atomic mass is 9.99. The number of hydrogen-bond acceptors (Lipinski definition) is 3. The van der Waals surface area contributed by atoms with Crippen LogP contribution in [0.2, 0.25) is 0 Å². The number of carbonyl (C=O) groups is 1. The van der Waals surface area contributed by atoms with Gasteiger partial charge in [-0.2, -0.15) is 0 Å². The summed E-state index contributed by atoms with van der Waals surface area (Å²) in [5, 5.41) is 14.2. The molecule has 1 heterocycles. The fraction of sp³-hybridized carbons (Fsp3) is 0.167. The fourth-order valence-corrected chi connectivity index (χ4v) is 2.60. The summed E-state index contributed by atoms with van der Waals surface area (Å²) < 4.78 is 5.48. The molecule has 2 aromatic carbocycles. The van der Waals surface area contributed by atoms with Gasteiger partial charge in [-0.15, -0.1) is 0 Å². The molecule has 1 atom stereocenters. The van der Waals surface area contributed by atoms with Crippen LogP contribution in [0.25, 0.3) is 10.8 Å². The second-order valence-corrected chi connectivity index (χ2v) is 5.24. The SMILES string of the molecule is Cc1cccc2coc(NC(=O)[C@@H](CO)c3ccccc3)c12. The number of rotatable bonds is 4. The van der Waals surface area contributed by atoms with Gasteiger partial charge in [0.15, 0.2) is 0 Å². The van der Waals surface area contributed by atoms with E-state index in [9.17, 15) is 9.90 Å². The monoisotopic (exact) mass is 295 g/mol. The van der Waals surface area contributed by atoms with E-state index in [1.54, 1.807) is 6.26 Å². The van der Waals surface area contributed by atoms with Crippen molar-refractivity contribution in [3.8, 4) is 0 Å². The van der Waals surface area contributed by atoms with Crippen molar-refractivity contribution in [2.45, 2.75) is 12.8 Å². The van der Waals surface area contributed by atoms with Crippen molar-refractivity contribution < 1.29 is 14.3 Å². The highest BCUT2D eigenvalue weighted by atomic mass is 16.3. The van der Waals surface area contributed by atoms with E-state index in [4.69, 9.17) is 4.42 Å². The third kappa shape index (κ3) is 2.61. The van der Waals surface area contributed by atoms with E-state index in [1.807, 2.05) is 55.5 Å². The predicted octanol–water partition coefficient (Wildman–Crippen LogP) is 3.46. The van der Waals surface area contributed by atoms with E-state index in [2.05, 4.69) is 5.32 Å². The lowest BCUT2D eigenvalue weighted by Gasteiger charge is -2.14. The van der Waals surface area contributed by atoms with Crippen LogP contribution in [-0.2, 0) is 4.79 Å². The van der Waals surface area contributed by atoms with Gasteiger partial charge in [0, 0.05) is 10.8 Å². The van der Waals surface area contributed by atoms with Gasteiger partial charge in [0.25, 0.3) is 0 Å². The zero-order chi connectivity index (χ0) is 15.5. The summed E-state index contributed by atoms with van der Waals surface area (Å²) in [6.45, 7) is 1.71. The van der Waals surface area contributed by atoms with Gasteiger partial charge in [-0.3, -0.25) is 10.1 Å². The Morgan fingerprint density at radius 3 is 2.68 bits per heavy atom. The molecule has 0 saturated heterocycles. The molecule has 1 amide bonds. The van der Waals surface area contributed by atoms with Crippen LogP contribution in [0.1, 0.15) is 17.0 Å². The average molecular weight is 295 g/mol. The first-order valence-corrected chi connectivity index (χ1v) is 7.14. The minimum absolute atomic E-state index is 0.256. The first kappa shape index (κ1) is 14.4. The van der Waals surface area contributed by atoms with Gasteiger partial charge in [-0.05, 0) is 18.1 Å². The maximum Gasteiger partial charge on any atom is 0.236 e. The highest BCUT2D eigenvalue weighted by Gasteiger charge is 2.21. The molecule has 0 unspecified atom stereocenters. The minimum atomic E-state index is -0.620. The Morgan fingerprint density at radius 1 is 1.18 bits per heavy atom. The summed E-state index contributed by atoms with van der Waals surface area (Å²) in [7, 11) is 0. The molecule has 2 N–H and O–H groups in total. The highest BCUT2D eigenvalue weighted by molar-refractivity contribution is 6.03. The minimum Gasteiger partial charge on any atom is -0.447 e. The number of amides is 1. The van der Waals surface area contributed by atoms with Gasteiger partial charge >= 0.3 is 0 Å². The fourth-order valence-electron chi connectivity index (χ4n) is 2.60. The average Bonchev–Trinajstić information content (AvgIpc) is 2.93. The summed E-state index contributed by atoms with van der Waals surface area (Å²) >= 11 is 0. The molecular weight excluding hydrogens is 278 g/mol. The molecule has 0 fully saturated rings. The molecule has 112 valence electrons. The molecule has 3 aromatic rings. The van der Waals surface area contributed by atoms with Gasteiger partial charge in [0.1, 0.15) is 6.26 Å². The normalized spacial score (nSPS) is 12.3. The molecule has 0 spiro atoms. The van der Waals surface area contributed by atoms with Gasteiger partial charge in [-0.25, -0.2) is 0 Å². The van der Waals surface area contributed by atoms with E-state index in [0.29, 0.717) is 5.88 Å². The van der Waals surface area contributed by atoms with Gasteiger partial charge in [0.2, 0.25) is 11.8 Å². The largest absolute Gasteiger partial charge is 0.447 e. The Balaban J connectivity index is 1.89. The van der Waals surface area contributed by atoms with Crippen LogP contribution in [0.15, 0.2) is 59.2 Å². The van der Waals surface area contributed by atoms with E-state index in [0.717, 1.165) is 21.9 Å². The van der Waals surface area contributed by atoms with Gasteiger partial charge in [-0.1, -0.05) is 48.5 Å². The number of fused-ring (bicyclic) bond motifs is 1. The maximum absolute atomic E-state index is 12.5. The first-order valence-electron chi connectivity index (χ1n) is 7.14. The third-order valence-corrected chi connectivity index (χ3v) is 3.77. The number of aliphatic hydroxyl groups excluding tert-OH is 1. The van der Waals surface area contributed by atoms with E-state index in [-0.39, 0.29) is 12.5 Å². The maximum atomic E-state index is 12.5. The molecule has 0 bridgehead atoms. The standard InChI is InChI=1S/C18H17NO3/c1-12-6-5-9-14-11-22-18(16(12)14)19-17(21)15(10-20)13-7-3-2-4-8-13/h2-9,11,15,20H,10H2,1H3,(H,19,21)/t15-/m0/s1. The van der Waals surface area contributed by atoms with Crippen LogP contribution in [-0.4, -0.2) is 17.6 Å². The van der Waals surface area contributed by atoms with Crippen LogP contribution < -0.4 is 5.32 Å². The zero-order valence-electron chi connectivity index (χ0n) is 12.2. The molecule has 0 saturated carbocycles. The van der Waals surface area contributed by atoms with Gasteiger partial charge < -0.3 is 9.52 Å². The van der Waals surface area contributed by atoms with E-state index < -0.39 is 5.92 Å². The van der Waals surface area contributed by atoms with E-state index in [1.165, 1.54) is 0 Å². The molecule has 4 nitrogen and oxygen atoms in total. The predicted molar refractivity (Wildman–Crippen MR) is 85.8 cm³/mol. The van der Waals surface area contributed by atoms with E-state index >= 15 is 0 Å². The molecule has 0 radical (unpaired) electrons. The van der Waals surface area contributed by atoms with Crippen molar-refractivity contribution >= 4 is 22.6 Å². The van der Waals surface area contributed by atoms with Crippen LogP contribution in [0, 0.1) is 6.92 Å². The van der Waals surface area contributed by atoms with Crippen molar-refractivity contribution in [1.29, 1.82) is 0 Å². The Hall–Kier alpha value is -2.59. The third-order valence-electron chi connectivity index (χ3n) is 3.77. The van der Waals surface area contributed by atoms with Crippen LogP contribution in [0.3, 0.4) is 0 Å². The van der Waals surface area contributed by atoms with Crippen molar-refractivity contribution in [2.24, 2.45) is 0 Å². The summed E-state index contributed by atoms with van der Waals surface area (Å²) in [6.07, 6.45) is 1.62. The summed E-state index contributed by atoms with van der Waals surface area (Å²) in [4.78, 5) is 12.5. The van der Waals surface area contributed by atoms with Crippen LogP contribution in [0.4, 0.5) is 5.88 Å². The molecule has 1 aromatic heterocycles. The Morgan fingerprint density at radius 2 is 1.95 bits per heavy atom. The number of furan rings is 1. The second-order valence-electron chi connectivity index (χ2n) is 5.24. The lowest BCUT2D eigenvalue weighted by molar-refractivity contribution is -0.118. The summed E-state index contributed by atoms with van der Waals surface area (Å²) in [5.74, 6) is -0.481. The Labute approximate surface area is 128 Å². The molecule has 22 heavy (non-hydrogen) atoms. The Bertz CT molecular complexity index is 792. The molecule has 3 rings (SSSR count). The number of hydrogen-bond donors (Lipinski definition) is 2. The number of carbonyl (C=O) groups excluding carboxylic acids is 1. The number of aliphatic hydroxyl groups is 1. The quantitative estimate of drug-likeness (QED) is 0.775. The smallest absolute Gasteiger partial charge is 0.236 e. The van der Waals surface area contributed by atoms with Crippen LogP contribution in [0.5, 0.6) is 0 Å². The summed E-state index contributed by atoms with van der Waals surface area (Å²) in [6, 6.07) is 15.1. The van der Waals surface area contributed by atoms with Crippen molar-refractivity contribution in [2.75, 3.05) is 11.9 Å². The van der Waals surface area contributed by atoms with Gasteiger partial charge in [0.05, 0.1) is 12.5 Å². The molecule has 0 aliphatic carbocycles. The number of benzene rings is 2. The molecule has 0 aliphatic heterocycles. The number of nitrogens with one attached hydrogen (secondary N) is 1. The topological polar surface area (TPSA) is 62.5 Å². The zero-order valence-corrected chi connectivity index (χ0v) is 12.2. The van der Waals surface area contributed by atoms with Crippen molar-refractivity contribution in [1.82, 2.24) is 0 Å². The first-order chi connectivity index (χ1) is 10.7. The second kappa shape index (κ2) is 6.03. The van der Waals surface area contributed by atoms with Crippen molar-refractivity contribution in [3.63, 3.8) is 0 Å². The highest BCUT2D eigenvalue weighted by Crippen LogP contribution is 2.29. The van der Waals surface area contributed by atoms with Crippen LogP contribution >= 0.6 is 0 Å². The van der Waals surface area contributed by atoms with Crippen molar-refractivity contribution in [3.05, 3.63) is 65.9 Å². The number of anilines is 1. The molecule has 0 aliphatic rings. The molecule has 4 heteroatoms. The Kier molecular flexibility index (Phi) is 3.94. The molecular formula is C18H17NO3. The number of aryl methyl sites for hydroxylation is 1. The summed E-state index contributed by atoms with van der Waals surface area (Å²) in [5.41, 5.74) is 1.80.